The SMILES string of the molecule is NC(=O)c1ccc(N)cc1NCC(F)F. The van der Waals surface area contributed by atoms with Crippen molar-refractivity contribution in [1.29, 1.82) is 0 Å². The van der Waals surface area contributed by atoms with Gasteiger partial charge in [-0.3, -0.25) is 4.79 Å². The Hall–Kier alpha value is -1.85. The van der Waals surface area contributed by atoms with E-state index in [9.17, 15) is 13.6 Å². The summed E-state index contributed by atoms with van der Waals surface area (Å²) < 4.78 is 23.9. The molecule has 1 amide bonds. The fraction of sp³-hybridized carbons (Fsp3) is 0.222. The van der Waals surface area contributed by atoms with Crippen LogP contribution in [0.15, 0.2) is 18.2 Å². The monoisotopic (exact) mass is 215 g/mol. The Morgan fingerprint density at radius 3 is 2.67 bits per heavy atom. The standard InChI is InChI=1S/C9H11F2N3O/c10-8(11)4-14-7-3-5(12)1-2-6(7)9(13)15/h1-3,8,14H,4,12H2,(H2,13,15). The van der Waals surface area contributed by atoms with Crippen LogP contribution in [-0.4, -0.2) is 18.9 Å². The lowest BCUT2D eigenvalue weighted by Crippen LogP contribution is -2.17. The number of alkyl halides is 2. The number of hydrogen-bond acceptors (Lipinski definition) is 3. The maximum absolute atomic E-state index is 11.9. The molecule has 82 valence electrons. The molecule has 4 nitrogen and oxygen atoms in total. The van der Waals surface area contributed by atoms with E-state index in [-0.39, 0.29) is 11.3 Å². The first kappa shape index (κ1) is 11.2. The summed E-state index contributed by atoms with van der Waals surface area (Å²) in [7, 11) is 0. The first-order valence-electron chi connectivity index (χ1n) is 4.22. The molecule has 0 aliphatic heterocycles. The molecular weight excluding hydrogens is 204 g/mol. The predicted octanol–water partition coefficient (Wildman–Crippen LogP) is 1.04. The highest BCUT2D eigenvalue weighted by Gasteiger charge is 2.09. The molecule has 0 spiro atoms. The van der Waals surface area contributed by atoms with E-state index in [1.807, 2.05) is 0 Å². The van der Waals surface area contributed by atoms with Crippen LogP contribution in [-0.2, 0) is 0 Å². The summed E-state index contributed by atoms with van der Waals surface area (Å²) in [5, 5.41) is 2.40. The molecule has 0 fully saturated rings. The van der Waals surface area contributed by atoms with Gasteiger partial charge in [-0.15, -0.1) is 0 Å². The van der Waals surface area contributed by atoms with E-state index >= 15 is 0 Å². The lowest BCUT2D eigenvalue weighted by atomic mass is 10.1. The second kappa shape index (κ2) is 4.59. The van der Waals surface area contributed by atoms with Crippen LogP contribution < -0.4 is 16.8 Å². The Kier molecular flexibility index (Phi) is 3.43. The minimum absolute atomic E-state index is 0.143. The van der Waals surface area contributed by atoms with E-state index in [4.69, 9.17) is 11.5 Å². The van der Waals surface area contributed by atoms with E-state index in [1.54, 1.807) is 0 Å². The Morgan fingerprint density at radius 2 is 2.13 bits per heavy atom. The molecule has 0 radical (unpaired) electrons. The number of nitrogen functional groups attached to an aromatic ring is 1. The maximum atomic E-state index is 11.9. The maximum Gasteiger partial charge on any atom is 0.255 e. The number of hydrogen-bond donors (Lipinski definition) is 3. The van der Waals surface area contributed by atoms with Crippen LogP contribution in [0.2, 0.25) is 0 Å². The highest BCUT2D eigenvalue weighted by atomic mass is 19.3. The molecule has 5 N–H and O–H groups in total. The normalized spacial score (nSPS) is 10.3. The smallest absolute Gasteiger partial charge is 0.255 e. The van der Waals surface area contributed by atoms with Crippen molar-refractivity contribution in [3.8, 4) is 0 Å². The minimum atomic E-state index is -2.51. The van der Waals surface area contributed by atoms with Gasteiger partial charge in [-0.25, -0.2) is 8.78 Å². The van der Waals surface area contributed by atoms with Gasteiger partial charge in [0, 0.05) is 11.4 Å². The zero-order valence-electron chi connectivity index (χ0n) is 7.84. The number of halogens is 2. The van der Waals surface area contributed by atoms with Gasteiger partial charge in [-0.2, -0.15) is 0 Å². The number of primary amides is 1. The Morgan fingerprint density at radius 1 is 1.47 bits per heavy atom. The summed E-state index contributed by atoms with van der Waals surface area (Å²) in [6.07, 6.45) is -2.51. The van der Waals surface area contributed by atoms with Crippen molar-refractivity contribution in [3.05, 3.63) is 23.8 Å². The quantitative estimate of drug-likeness (QED) is 0.656. The number of benzene rings is 1. The third-order valence-corrected chi connectivity index (χ3v) is 1.76. The van der Waals surface area contributed by atoms with Gasteiger partial charge in [0.1, 0.15) is 0 Å². The lowest BCUT2D eigenvalue weighted by molar-refractivity contribution is 0.100. The van der Waals surface area contributed by atoms with Gasteiger partial charge in [0.15, 0.2) is 0 Å². The zero-order valence-corrected chi connectivity index (χ0v) is 7.84. The van der Waals surface area contributed by atoms with E-state index in [0.717, 1.165) is 0 Å². The first-order valence-corrected chi connectivity index (χ1v) is 4.22. The van der Waals surface area contributed by atoms with Gasteiger partial charge in [0.2, 0.25) is 0 Å². The van der Waals surface area contributed by atoms with E-state index in [0.29, 0.717) is 5.69 Å². The molecule has 0 aliphatic carbocycles. The molecule has 1 aromatic rings. The minimum Gasteiger partial charge on any atom is -0.399 e. The third kappa shape index (κ3) is 3.08. The molecule has 15 heavy (non-hydrogen) atoms. The Labute approximate surface area is 85.2 Å². The van der Waals surface area contributed by atoms with Crippen molar-refractivity contribution in [2.24, 2.45) is 5.73 Å². The Bertz CT molecular complexity index is 368. The average molecular weight is 215 g/mol. The molecule has 0 heterocycles. The zero-order chi connectivity index (χ0) is 11.4. The summed E-state index contributed by atoms with van der Waals surface area (Å²) in [6.45, 7) is -0.552. The molecule has 0 bridgehead atoms. The van der Waals surface area contributed by atoms with Crippen LogP contribution in [0, 0.1) is 0 Å². The topological polar surface area (TPSA) is 81.1 Å². The van der Waals surface area contributed by atoms with Gasteiger partial charge in [-0.1, -0.05) is 0 Å². The van der Waals surface area contributed by atoms with Gasteiger partial charge >= 0.3 is 0 Å². The van der Waals surface area contributed by atoms with Gasteiger partial charge in [0.05, 0.1) is 12.1 Å². The average Bonchev–Trinajstić information content (AvgIpc) is 2.14. The van der Waals surface area contributed by atoms with E-state index < -0.39 is 18.9 Å². The molecule has 0 aliphatic rings. The predicted molar refractivity (Wildman–Crippen MR) is 53.9 cm³/mol. The molecule has 1 aromatic carbocycles. The second-order valence-electron chi connectivity index (χ2n) is 2.94. The summed E-state index contributed by atoms with van der Waals surface area (Å²) in [5.74, 6) is -0.688. The molecule has 0 saturated carbocycles. The van der Waals surface area contributed by atoms with Crippen molar-refractivity contribution in [2.75, 3.05) is 17.6 Å². The van der Waals surface area contributed by atoms with E-state index in [1.165, 1.54) is 18.2 Å². The highest BCUT2D eigenvalue weighted by molar-refractivity contribution is 5.99. The third-order valence-electron chi connectivity index (χ3n) is 1.76. The first-order chi connectivity index (χ1) is 7.00. The molecule has 0 unspecified atom stereocenters. The number of nitrogens with one attached hydrogen (secondary N) is 1. The summed E-state index contributed by atoms with van der Waals surface area (Å²) in [6, 6.07) is 4.27. The molecular formula is C9H11F2N3O. The molecule has 0 atom stereocenters. The summed E-state index contributed by atoms with van der Waals surface area (Å²) in [4.78, 5) is 10.9. The molecule has 0 aromatic heterocycles. The number of anilines is 2. The van der Waals surface area contributed by atoms with Crippen LogP contribution in [0.3, 0.4) is 0 Å². The van der Waals surface area contributed by atoms with E-state index in [2.05, 4.69) is 5.32 Å². The summed E-state index contributed by atoms with van der Waals surface area (Å²) >= 11 is 0. The van der Waals surface area contributed by atoms with Crippen molar-refractivity contribution in [3.63, 3.8) is 0 Å². The van der Waals surface area contributed by atoms with Crippen LogP contribution in [0.1, 0.15) is 10.4 Å². The number of rotatable bonds is 4. The van der Waals surface area contributed by atoms with Gasteiger partial charge < -0.3 is 16.8 Å². The largest absolute Gasteiger partial charge is 0.399 e. The lowest BCUT2D eigenvalue weighted by Gasteiger charge is -2.10. The molecule has 1 rings (SSSR count). The van der Waals surface area contributed by atoms with Crippen molar-refractivity contribution in [2.45, 2.75) is 6.43 Å². The van der Waals surface area contributed by atoms with Crippen LogP contribution in [0.25, 0.3) is 0 Å². The molecule has 0 saturated heterocycles. The fourth-order valence-corrected chi connectivity index (χ4v) is 1.11. The molecule has 6 heteroatoms. The van der Waals surface area contributed by atoms with Crippen LogP contribution in [0.5, 0.6) is 0 Å². The van der Waals surface area contributed by atoms with Crippen molar-refractivity contribution < 1.29 is 13.6 Å². The van der Waals surface area contributed by atoms with Gasteiger partial charge in [-0.05, 0) is 18.2 Å². The van der Waals surface area contributed by atoms with Crippen LogP contribution in [0.4, 0.5) is 20.2 Å². The van der Waals surface area contributed by atoms with Crippen molar-refractivity contribution in [1.82, 2.24) is 0 Å². The number of carbonyl (C=O) groups is 1. The number of amides is 1. The number of nitrogens with two attached hydrogens (primary N) is 2. The Balaban J connectivity index is 2.92. The second-order valence-corrected chi connectivity index (χ2v) is 2.94. The fourth-order valence-electron chi connectivity index (χ4n) is 1.11. The van der Waals surface area contributed by atoms with Gasteiger partial charge in [0.25, 0.3) is 12.3 Å². The summed E-state index contributed by atoms with van der Waals surface area (Å²) in [5.41, 5.74) is 11.3. The highest BCUT2D eigenvalue weighted by Crippen LogP contribution is 2.18. The number of carbonyl (C=O) groups excluding carboxylic acids is 1. The van der Waals surface area contributed by atoms with Crippen molar-refractivity contribution >= 4 is 17.3 Å². The van der Waals surface area contributed by atoms with Crippen LogP contribution >= 0.6 is 0 Å².